The van der Waals surface area contributed by atoms with E-state index in [4.69, 9.17) is 0 Å². The van der Waals surface area contributed by atoms with Crippen LogP contribution in [0, 0.1) is 0 Å². The van der Waals surface area contributed by atoms with Gasteiger partial charge in [-0.25, -0.2) is 0 Å². The van der Waals surface area contributed by atoms with Gasteiger partial charge in [0.2, 0.25) is 5.91 Å². The number of carbonyl (C=O) groups is 2. The third kappa shape index (κ3) is 5.40. The van der Waals surface area contributed by atoms with E-state index < -0.39 is 12.0 Å². The molecule has 1 aromatic rings. The summed E-state index contributed by atoms with van der Waals surface area (Å²) in [6.07, 6.45) is 1.14. The van der Waals surface area contributed by atoms with Crippen LogP contribution in [0.15, 0.2) is 30.3 Å². The molecule has 0 spiro atoms. The van der Waals surface area contributed by atoms with Gasteiger partial charge < -0.3 is 15.7 Å². The average molecular weight is 278 g/mol. The molecule has 2 unspecified atom stereocenters. The molecular weight excluding hydrogens is 256 g/mol. The van der Waals surface area contributed by atoms with Gasteiger partial charge in [-0.1, -0.05) is 37.3 Å². The summed E-state index contributed by atoms with van der Waals surface area (Å²) in [5.74, 6) is -1.01. The van der Waals surface area contributed by atoms with Crippen LogP contribution >= 0.6 is 0 Å². The molecule has 0 radical (unpaired) electrons. The first kappa shape index (κ1) is 16.2. The van der Waals surface area contributed by atoms with Crippen molar-refractivity contribution in [1.29, 1.82) is 0 Å². The summed E-state index contributed by atoms with van der Waals surface area (Å²) in [5, 5.41) is 15.0. The number of amides is 1. The maximum atomic E-state index is 11.6. The van der Waals surface area contributed by atoms with Crippen molar-refractivity contribution < 1.29 is 14.7 Å². The molecule has 0 aliphatic carbocycles. The van der Waals surface area contributed by atoms with Crippen molar-refractivity contribution in [3.05, 3.63) is 35.9 Å². The molecule has 110 valence electrons. The molecule has 0 bridgehead atoms. The normalized spacial score (nSPS) is 13.5. The lowest BCUT2D eigenvalue weighted by atomic mass is 10.1. The second-order valence-electron chi connectivity index (χ2n) is 4.76. The second kappa shape index (κ2) is 8.32. The van der Waals surface area contributed by atoms with E-state index in [1.807, 2.05) is 19.9 Å². The van der Waals surface area contributed by atoms with Crippen LogP contribution in [0.2, 0.25) is 0 Å². The Labute approximate surface area is 119 Å². The van der Waals surface area contributed by atoms with Crippen LogP contribution in [0.5, 0.6) is 0 Å². The number of benzene rings is 1. The molecule has 1 rings (SSSR count). The molecular formula is C15H22N2O3. The van der Waals surface area contributed by atoms with E-state index in [1.165, 1.54) is 0 Å². The summed E-state index contributed by atoms with van der Waals surface area (Å²) < 4.78 is 0. The molecule has 0 aliphatic rings. The Balaban J connectivity index is 2.45. The zero-order valence-corrected chi connectivity index (χ0v) is 11.9. The van der Waals surface area contributed by atoms with Gasteiger partial charge in [0.1, 0.15) is 6.04 Å². The monoisotopic (exact) mass is 278 g/mol. The number of hydrogen-bond donors (Lipinski definition) is 3. The maximum Gasteiger partial charge on any atom is 0.325 e. The third-order valence-corrected chi connectivity index (χ3v) is 3.10. The summed E-state index contributed by atoms with van der Waals surface area (Å²) in [6, 6.07) is 8.29. The lowest BCUT2D eigenvalue weighted by molar-refractivity contribution is -0.139. The highest BCUT2D eigenvalue weighted by molar-refractivity contribution is 5.77. The van der Waals surface area contributed by atoms with E-state index in [9.17, 15) is 14.7 Å². The fourth-order valence-electron chi connectivity index (χ4n) is 1.77. The highest BCUT2D eigenvalue weighted by atomic mass is 16.4. The molecule has 0 saturated carbocycles. The van der Waals surface area contributed by atoms with Crippen molar-refractivity contribution in [3.63, 3.8) is 0 Å². The minimum Gasteiger partial charge on any atom is -0.480 e. The lowest BCUT2D eigenvalue weighted by Crippen LogP contribution is -2.36. The Bertz CT molecular complexity index is 434. The molecule has 5 nitrogen and oxygen atoms in total. The van der Waals surface area contributed by atoms with Gasteiger partial charge in [-0.15, -0.1) is 0 Å². The van der Waals surface area contributed by atoms with Gasteiger partial charge in [-0.3, -0.25) is 9.59 Å². The molecule has 0 saturated heterocycles. The molecule has 2 atom stereocenters. The van der Waals surface area contributed by atoms with Crippen molar-refractivity contribution in [2.24, 2.45) is 0 Å². The van der Waals surface area contributed by atoms with E-state index in [0.29, 0.717) is 12.1 Å². The van der Waals surface area contributed by atoms with E-state index in [-0.39, 0.29) is 18.4 Å². The Morgan fingerprint density at radius 3 is 2.45 bits per heavy atom. The number of carboxylic acid groups (broad SMARTS) is 1. The summed E-state index contributed by atoms with van der Waals surface area (Å²) >= 11 is 0. The van der Waals surface area contributed by atoms with Gasteiger partial charge in [0.15, 0.2) is 0 Å². The summed E-state index contributed by atoms with van der Waals surface area (Å²) in [5.41, 5.74) is 0.683. The standard InChI is InChI=1S/C15H22N2O3/c1-3-11(2)17-13(18)9-10-16-14(15(19)20)12-7-5-4-6-8-12/h4-8,11,14,16H,3,9-10H2,1-2H3,(H,17,18)(H,19,20). The Morgan fingerprint density at radius 1 is 1.25 bits per heavy atom. The quantitative estimate of drug-likeness (QED) is 0.676. The third-order valence-electron chi connectivity index (χ3n) is 3.10. The largest absolute Gasteiger partial charge is 0.480 e. The van der Waals surface area contributed by atoms with Crippen LogP contribution in [0.4, 0.5) is 0 Å². The fourth-order valence-corrected chi connectivity index (χ4v) is 1.77. The number of nitrogens with one attached hydrogen (secondary N) is 2. The fraction of sp³-hybridized carbons (Fsp3) is 0.467. The predicted octanol–water partition coefficient (Wildman–Crippen LogP) is 1.71. The molecule has 0 aromatic heterocycles. The molecule has 1 amide bonds. The maximum absolute atomic E-state index is 11.6. The van der Waals surface area contributed by atoms with Gasteiger partial charge in [-0.2, -0.15) is 0 Å². The van der Waals surface area contributed by atoms with Crippen LogP contribution < -0.4 is 10.6 Å². The summed E-state index contributed by atoms with van der Waals surface area (Å²) in [7, 11) is 0. The van der Waals surface area contributed by atoms with Gasteiger partial charge >= 0.3 is 5.97 Å². The van der Waals surface area contributed by atoms with E-state index >= 15 is 0 Å². The zero-order chi connectivity index (χ0) is 15.0. The van der Waals surface area contributed by atoms with E-state index in [0.717, 1.165) is 6.42 Å². The van der Waals surface area contributed by atoms with Crippen molar-refractivity contribution in [2.45, 2.75) is 38.8 Å². The molecule has 20 heavy (non-hydrogen) atoms. The molecule has 0 fully saturated rings. The smallest absolute Gasteiger partial charge is 0.325 e. The van der Waals surface area contributed by atoms with Crippen LogP contribution in [0.1, 0.15) is 38.3 Å². The van der Waals surface area contributed by atoms with Gasteiger partial charge in [0, 0.05) is 19.0 Å². The number of rotatable bonds is 8. The highest BCUT2D eigenvalue weighted by Crippen LogP contribution is 2.12. The first-order chi connectivity index (χ1) is 9.54. The Morgan fingerprint density at radius 2 is 1.90 bits per heavy atom. The van der Waals surface area contributed by atoms with Crippen LogP contribution in [-0.4, -0.2) is 29.6 Å². The van der Waals surface area contributed by atoms with E-state index in [2.05, 4.69) is 10.6 Å². The number of carbonyl (C=O) groups excluding carboxylic acids is 1. The first-order valence-electron chi connectivity index (χ1n) is 6.85. The zero-order valence-electron chi connectivity index (χ0n) is 11.9. The van der Waals surface area contributed by atoms with Gasteiger partial charge in [-0.05, 0) is 18.9 Å². The van der Waals surface area contributed by atoms with Crippen LogP contribution in [0.3, 0.4) is 0 Å². The Kier molecular flexibility index (Phi) is 6.73. The molecule has 5 heteroatoms. The molecule has 1 aromatic carbocycles. The van der Waals surface area contributed by atoms with E-state index in [1.54, 1.807) is 24.3 Å². The topological polar surface area (TPSA) is 78.4 Å². The first-order valence-corrected chi connectivity index (χ1v) is 6.85. The number of aliphatic carboxylic acids is 1. The van der Waals surface area contributed by atoms with Gasteiger partial charge in [0.25, 0.3) is 0 Å². The summed E-state index contributed by atoms with van der Waals surface area (Å²) in [4.78, 5) is 22.8. The van der Waals surface area contributed by atoms with Crippen molar-refractivity contribution in [2.75, 3.05) is 6.54 Å². The Hall–Kier alpha value is -1.88. The van der Waals surface area contributed by atoms with Gasteiger partial charge in [0.05, 0.1) is 0 Å². The highest BCUT2D eigenvalue weighted by Gasteiger charge is 2.18. The van der Waals surface area contributed by atoms with Crippen molar-refractivity contribution in [3.8, 4) is 0 Å². The summed E-state index contributed by atoms with van der Waals surface area (Å²) in [6.45, 7) is 4.27. The second-order valence-corrected chi connectivity index (χ2v) is 4.76. The average Bonchev–Trinajstić information content (AvgIpc) is 2.44. The predicted molar refractivity (Wildman–Crippen MR) is 77.3 cm³/mol. The molecule has 0 heterocycles. The minimum atomic E-state index is -0.946. The molecule has 0 aliphatic heterocycles. The van der Waals surface area contributed by atoms with Crippen molar-refractivity contribution in [1.82, 2.24) is 10.6 Å². The minimum absolute atomic E-state index is 0.0657. The van der Waals surface area contributed by atoms with Crippen LogP contribution in [0.25, 0.3) is 0 Å². The number of hydrogen-bond acceptors (Lipinski definition) is 3. The molecule has 3 N–H and O–H groups in total. The van der Waals surface area contributed by atoms with Crippen molar-refractivity contribution >= 4 is 11.9 Å². The number of carboxylic acids is 1. The lowest BCUT2D eigenvalue weighted by Gasteiger charge is -2.15. The van der Waals surface area contributed by atoms with Crippen LogP contribution in [-0.2, 0) is 9.59 Å². The SMILES string of the molecule is CCC(C)NC(=O)CCNC(C(=O)O)c1ccccc1.